The topological polar surface area (TPSA) is 79.7 Å². The number of carbonyl (C=O) groups is 2. The maximum atomic E-state index is 12.3. The Morgan fingerprint density at radius 3 is 2.12 bits per heavy atom. The van der Waals surface area contributed by atoms with Gasteiger partial charge in [-0.2, -0.15) is 5.26 Å². The third-order valence-electron chi connectivity index (χ3n) is 4.14. The summed E-state index contributed by atoms with van der Waals surface area (Å²) < 4.78 is 0. The van der Waals surface area contributed by atoms with Crippen LogP contribution in [0.25, 0.3) is 0 Å². The molecule has 2 rings (SSSR count). The van der Waals surface area contributed by atoms with Crippen LogP contribution in [0.1, 0.15) is 19.4 Å². The third-order valence-corrected chi connectivity index (χ3v) is 4.14. The van der Waals surface area contributed by atoms with E-state index in [0.717, 1.165) is 0 Å². The highest BCUT2D eigenvalue weighted by Crippen LogP contribution is 2.12. The Labute approximate surface area is 142 Å². The Hall–Kier alpha value is -2.75. The number of nitriles is 1. The molecule has 128 valence electrons. The third kappa shape index (κ3) is 4.16. The number of urea groups is 2. The number of benzene rings is 1. The average Bonchev–Trinajstić information content (AvgIpc) is 2.63. The molecule has 0 atom stereocenters. The molecular weight excluding hydrogens is 306 g/mol. The van der Waals surface area contributed by atoms with E-state index in [9.17, 15) is 9.59 Å². The Kier molecular flexibility index (Phi) is 6.01. The lowest BCUT2D eigenvalue weighted by atomic mass is 10.2. The molecule has 1 aliphatic heterocycles. The summed E-state index contributed by atoms with van der Waals surface area (Å²) in [6.45, 7) is 7.39. The van der Waals surface area contributed by atoms with Crippen molar-refractivity contribution in [1.29, 1.82) is 5.26 Å². The molecule has 0 spiro atoms. The van der Waals surface area contributed by atoms with Crippen LogP contribution >= 0.6 is 0 Å². The highest BCUT2D eigenvalue weighted by molar-refractivity contribution is 5.89. The van der Waals surface area contributed by atoms with Crippen molar-refractivity contribution in [3.05, 3.63) is 29.8 Å². The van der Waals surface area contributed by atoms with E-state index in [1.807, 2.05) is 19.9 Å². The quantitative estimate of drug-likeness (QED) is 0.923. The van der Waals surface area contributed by atoms with Crippen molar-refractivity contribution in [1.82, 2.24) is 14.7 Å². The van der Waals surface area contributed by atoms with Gasteiger partial charge in [0.25, 0.3) is 0 Å². The van der Waals surface area contributed by atoms with Gasteiger partial charge in [-0.1, -0.05) is 0 Å². The van der Waals surface area contributed by atoms with Gasteiger partial charge in [0, 0.05) is 45.0 Å². The van der Waals surface area contributed by atoms with Crippen LogP contribution in [0.15, 0.2) is 24.3 Å². The molecule has 0 aliphatic carbocycles. The van der Waals surface area contributed by atoms with Crippen LogP contribution in [0.5, 0.6) is 0 Å². The lowest BCUT2D eigenvalue weighted by molar-refractivity contribution is 0.125. The SMILES string of the molecule is CCN(CC)C(=O)N1CCN(C(=O)Nc2ccc(C#N)cc2)CC1. The van der Waals surface area contributed by atoms with Gasteiger partial charge in [0.1, 0.15) is 0 Å². The molecule has 7 nitrogen and oxygen atoms in total. The zero-order valence-electron chi connectivity index (χ0n) is 14.2. The van der Waals surface area contributed by atoms with Gasteiger partial charge >= 0.3 is 12.1 Å². The van der Waals surface area contributed by atoms with Gasteiger partial charge in [-0.05, 0) is 38.1 Å². The van der Waals surface area contributed by atoms with Crippen molar-refractivity contribution in [3.8, 4) is 6.07 Å². The second kappa shape index (κ2) is 8.20. The van der Waals surface area contributed by atoms with Crippen LogP contribution in [0.2, 0.25) is 0 Å². The number of rotatable bonds is 3. The largest absolute Gasteiger partial charge is 0.325 e. The number of hydrogen-bond acceptors (Lipinski definition) is 3. The lowest BCUT2D eigenvalue weighted by Gasteiger charge is -2.37. The second-order valence-corrected chi connectivity index (χ2v) is 5.55. The zero-order valence-corrected chi connectivity index (χ0v) is 14.2. The molecular formula is C17H23N5O2. The van der Waals surface area contributed by atoms with Crippen molar-refractivity contribution in [2.75, 3.05) is 44.6 Å². The van der Waals surface area contributed by atoms with Crippen molar-refractivity contribution >= 4 is 17.7 Å². The number of nitrogens with zero attached hydrogens (tertiary/aromatic N) is 4. The molecule has 0 unspecified atom stereocenters. The first-order chi connectivity index (χ1) is 11.6. The van der Waals surface area contributed by atoms with Crippen LogP contribution in [0, 0.1) is 11.3 Å². The Morgan fingerprint density at radius 1 is 1.08 bits per heavy atom. The first kappa shape index (κ1) is 17.6. The summed E-state index contributed by atoms with van der Waals surface area (Å²) in [5.74, 6) is 0. The fraction of sp³-hybridized carbons (Fsp3) is 0.471. The Bertz CT molecular complexity index is 611. The fourth-order valence-electron chi connectivity index (χ4n) is 2.63. The summed E-state index contributed by atoms with van der Waals surface area (Å²) in [6, 6.07) is 8.63. The molecule has 1 heterocycles. The van der Waals surface area contributed by atoms with Gasteiger partial charge in [-0.15, -0.1) is 0 Å². The van der Waals surface area contributed by atoms with Crippen LogP contribution in [0.4, 0.5) is 15.3 Å². The van der Waals surface area contributed by atoms with E-state index in [0.29, 0.717) is 50.5 Å². The molecule has 4 amide bonds. The van der Waals surface area contributed by atoms with E-state index in [1.54, 1.807) is 39.0 Å². The van der Waals surface area contributed by atoms with Crippen LogP contribution in [-0.4, -0.2) is 66.0 Å². The first-order valence-electron chi connectivity index (χ1n) is 8.19. The van der Waals surface area contributed by atoms with Gasteiger partial charge < -0.3 is 20.0 Å². The first-order valence-corrected chi connectivity index (χ1v) is 8.19. The summed E-state index contributed by atoms with van der Waals surface area (Å²) in [5, 5.41) is 11.6. The summed E-state index contributed by atoms with van der Waals surface area (Å²) in [7, 11) is 0. The summed E-state index contributed by atoms with van der Waals surface area (Å²) in [4.78, 5) is 29.8. The number of hydrogen-bond donors (Lipinski definition) is 1. The van der Waals surface area contributed by atoms with E-state index < -0.39 is 0 Å². The number of carbonyl (C=O) groups excluding carboxylic acids is 2. The minimum Gasteiger partial charge on any atom is -0.325 e. The van der Waals surface area contributed by atoms with Gasteiger partial charge in [-0.3, -0.25) is 0 Å². The second-order valence-electron chi connectivity index (χ2n) is 5.55. The number of anilines is 1. The average molecular weight is 329 g/mol. The Morgan fingerprint density at radius 2 is 1.62 bits per heavy atom. The maximum absolute atomic E-state index is 12.3. The number of amides is 4. The molecule has 0 aromatic heterocycles. The standard InChI is InChI=1S/C17H23N5O2/c1-3-20(4-2)17(24)22-11-9-21(10-12-22)16(23)19-15-7-5-14(13-18)6-8-15/h5-8H,3-4,9-12H2,1-2H3,(H,19,23). The smallest absolute Gasteiger partial charge is 0.321 e. The van der Waals surface area contributed by atoms with Gasteiger partial charge in [0.2, 0.25) is 0 Å². The summed E-state index contributed by atoms with van der Waals surface area (Å²) >= 11 is 0. The molecule has 1 N–H and O–H groups in total. The molecule has 0 bridgehead atoms. The molecule has 1 aromatic carbocycles. The summed E-state index contributed by atoms with van der Waals surface area (Å²) in [6.07, 6.45) is 0. The molecule has 1 aliphatic rings. The maximum Gasteiger partial charge on any atom is 0.321 e. The van der Waals surface area contributed by atoms with Gasteiger partial charge in [-0.25, -0.2) is 9.59 Å². The normalized spacial score (nSPS) is 14.0. The molecule has 1 fully saturated rings. The highest BCUT2D eigenvalue weighted by Gasteiger charge is 2.26. The lowest BCUT2D eigenvalue weighted by Crippen LogP contribution is -2.54. The van der Waals surface area contributed by atoms with E-state index in [4.69, 9.17) is 5.26 Å². The molecule has 0 radical (unpaired) electrons. The van der Waals surface area contributed by atoms with Crippen LogP contribution in [0.3, 0.4) is 0 Å². The number of piperazine rings is 1. The van der Waals surface area contributed by atoms with Gasteiger partial charge in [0.15, 0.2) is 0 Å². The van der Waals surface area contributed by atoms with Crippen LogP contribution in [-0.2, 0) is 0 Å². The highest BCUT2D eigenvalue weighted by atomic mass is 16.2. The van der Waals surface area contributed by atoms with E-state index >= 15 is 0 Å². The molecule has 24 heavy (non-hydrogen) atoms. The fourth-order valence-corrected chi connectivity index (χ4v) is 2.63. The van der Waals surface area contributed by atoms with Crippen LogP contribution < -0.4 is 5.32 Å². The van der Waals surface area contributed by atoms with Crippen molar-refractivity contribution in [2.45, 2.75) is 13.8 Å². The predicted molar refractivity (Wildman–Crippen MR) is 91.6 cm³/mol. The zero-order chi connectivity index (χ0) is 17.5. The van der Waals surface area contributed by atoms with Crippen molar-refractivity contribution in [3.63, 3.8) is 0 Å². The van der Waals surface area contributed by atoms with E-state index in [-0.39, 0.29) is 12.1 Å². The van der Waals surface area contributed by atoms with E-state index in [2.05, 4.69) is 5.32 Å². The van der Waals surface area contributed by atoms with Crippen molar-refractivity contribution < 1.29 is 9.59 Å². The molecule has 1 aromatic rings. The minimum absolute atomic E-state index is 0.0344. The number of nitrogens with one attached hydrogen (secondary N) is 1. The molecule has 7 heteroatoms. The molecule has 0 saturated carbocycles. The monoisotopic (exact) mass is 329 g/mol. The van der Waals surface area contributed by atoms with E-state index in [1.165, 1.54) is 0 Å². The molecule has 1 saturated heterocycles. The minimum atomic E-state index is -0.186. The predicted octanol–water partition coefficient (Wildman–Crippen LogP) is 2.17. The van der Waals surface area contributed by atoms with Crippen molar-refractivity contribution in [2.24, 2.45) is 0 Å². The van der Waals surface area contributed by atoms with Gasteiger partial charge in [0.05, 0.1) is 11.6 Å². The Balaban J connectivity index is 1.86. The summed E-state index contributed by atoms with van der Waals surface area (Å²) in [5.41, 5.74) is 1.21.